The number of piperidine rings is 1. The van der Waals surface area contributed by atoms with E-state index in [1.54, 1.807) is 47.5 Å². The normalized spacial score (nSPS) is 15.8. The van der Waals surface area contributed by atoms with Gasteiger partial charge in [0.15, 0.2) is 5.78 Å². The molecule has 194 valence electrons. The fourth-order valence-electron chi connectivity index (χ4n) is 4.21. The number of anilines is 1. The monoisotopic (exact) mass is 567 g/mol. The van der Waals surface area contributed by atoms with Crippen molar-refractivity contribution in [3.8, 4) is 11.3 Å². The van der Waals surface area contributed by atoms with E-state index in [-0.39, 0.29) is 17.7 Å². The van der Waals surface area contributed by atoms with E-state index in [1.807, 2.05) is 20.8 Å². The SMILES string of the molecule is CC(=O)c1[nH]c([C@@H]2CCCCN2C(=O)OC(C)(C)C)nc1-c1ccc(C(=O)Nc2cc(Br)ccn2)cc1. The third-order valence-electron chi connectivity index (χ3n) is 5.90. The molecule has 2 N–H and O–H groups in total. The van der Waals surface area contributed by atoms with E-state index >= 15 is 0 Å². The number of pyridine rings is 1. The van der Waals surface area contributed by atoms with Gasteiger partial charge in [-0.15, -0.1) is 0 Å². The smallest absolute Gasteiger partial charge is 0.410 e. The second-order valence-electron chi connectivity index (χ2n) is 9.98. The Kier molecular flexibility index (Phi) is 7.77. The maximum atomic E-state index is 12.9. The summed E-state index contributed by atoms with van der Waals surface area (Å²) in [6.45, 7) is 7.54. The zero-order valence-corrected chi connectivity index (χ0v) is 22.9. The molecule has 1 aromatic carbocycles. The van der Waals surface area contributed by atoms with Crippen LogP contribution in [0.15, 0.2) is 47.1 Å². The molecule has 1 saturated heterocycles. The lowest BCUT2D eigenvalue weighted by molar-refractivity contribution is 0.00853. The highest BCUT2D eigenvalue weighted by Crippen LogP contribution is 2.33. The van der Waals surface area contributed by atoms with Crippen LogP contribution in [0.25, 0.3) is 11.3 Å². The van der Waals surface area contributed by atoms with Crippen LogP contribution >= 0.6 is 15.9 Å². The molecule has 2 amide bonds. The topological polar surface area (TPSA) is 117 Å². The number of hydrogen-bond acceptors (Lipinski definition) is 6. The number of nitrogens with zero attached hydrogens (tertiary/aromatic N) is 3. The number of aromatic nitrogens is 3. The lowest BCUT2D eigenvalue weighted by Gasteiger charge is -2.35. The van der Waals surface area contributed by atoms with Crippen LogP contribution in [0.4, 0.5) is 10.6 Å². The van der Waals surface area contributed by atoms with Crippen molar-refractivity contribution < 1.29 is 19.1 Å². The van der Waals surface area contributed by atoms with E-state index < -0.39 is 11.7 Å². The van der Waals surface area contributed by atoms with Crippen molar-refractivity contribution in [1.82, 2.24) is 19.9 Å². The van der Waals surface area contributed by atoms with E-state index in [9.17, 15) is 14.4 Å². The summed E-state index contributed by atoms with van der Waals surface area (Å²) in [6.07, 6.45) is 3.73. The predicted molar refractivity (Wildman–Crippen MR) is 143 cm³/mol. The number of aromatic amines is 1. The first-order chi connectivity index (χ1) is 17.5. The number of hydrogen-bond donors (Lipinski definition) is 2. The molecule has 9 nitrogen and oxygen atoms in total. The van der Waals surface area contributed by atoms with Crippen LogP contribution in [-0.4, -0.2) is 49.8 Å². The molecule has 4 rings (SSSR count). The molecule has 10 heteroatoms. The van der Waals surface area contributed by atoms with Gasteiger partial charge in [-0.25, -0.2) is 14.8 Å². The van der Waals surface area contributed by atoms with E-state index in [4.69, 9.17) is 9.72 Å². The molecule has 0 radical (unpaired) electrons. The number of H-pyrrole nitrogens is 1. The molecule has 1 aliphatic heterocycles. The number of carbonyl (C=O) groups is 3. The second kappa shape index (κ2) is 10.8. The van der Waals surface area contributed by atoms with Gasteiger partial charge in [0.1, 0.15) is 22.9 Å². The number of likely N-dealkylation sites (tertiary alicyclic amines) is 1. The van der Waals surface area contributed by atoms with Gasteiger partial charge >= 0.3 is 6.09 Å². The lowest BCUT2D eigenvalue weighted by Crippen LogP contribution is -2.42. The highest BCUT2D eigenvalue weighted by Gasteiger charge is 2.34. The Morgan fingerprint density at radius 2 is 1.86 bits per heavy atom. The number of Topliss-reactive ketones (excluding diaryl/α,β-unsaturated/α-hetero) is 1. The molecular formula is C27H30BrN5O4. The first-order valence-corrected chi connectivity index (χ1v) is 12.9. The van der Waals surface area contributed by atoms with Gasteiger partial charge in [0.05, 0.1) is 11.7 Å². The zero-order chi connectivity index (χ0) is 26.7. The quantitative estimate of drug-likeness (QED) is 0.357. The summed E-state index contributed by atoms with van der Waals surface area (Å²) in [7, 11) is 0. The van der Waals surface area contributed by atoms with Gasteiger partial charge in [0.2, 0.25) is 0 Å². The number of ketones is 1. The molecular weight excluding hydrogens is 538 g/mol. The van der Waals surface area contributed by atoms with Crippen LogP contribution < -0.4 is 5.32 Å². The van der Waals surface area contributed by atoms with Crippen molar-refractivity contribution in [1.29, 1.82) is 0 Å². The number of rotatable bonds is 5. The fourth-order valence-corrected chi connectivity index (χ4v) is 4.54. The van der Waals surface area contributed by atoms with Gasteiger partial charge in [-0.3, -0.25) is 14.5 Å². The van der Waals surface area contributed by atoms with Crippen molar-refractivity contribution in [3.63, 3.8) is 0 Å². The Morgan fingerprint density at radius 1 is 1.14 bits per heavy atom. The van der Waals surface area contributed by atoms with Crippen molar-refractivity contribution in [2.45, 2.75) is 58.6 Å². The number of nitrogens with one attached hydrogen (secondary N) is 2. The van der Waals surface area contributed by atoms with Crippen LogP contribution in [-0.2, 0) is 4.74 Å². The third kappa shape index (κ3) is 6.43. The highest BCUT2D eigenvalue weighted by atomic mass is 79.9. The third-order valence-corrected chi connectivity index (χ3v) is 6.40. The standard InChI is InChI=1S/C27H30BrN5O4/c1-16(34)22-23(17-8-10-18(11-9-17)25(35)30-21-15-19(28)12-13-29-21)32-24(31-22)20-7-5-6-14-33(20)26(36)37-27(2,3)4/h8-13,15,20H,5-7,14H2,1-4H3,(H,31,32)(H,29,30,35)/t20-/m0/s1. The molecule has 3 heterocycles. The molecule has 0 aliphatic carbocycles. The van der Waals surface area contributed by atoms with Crippen LogP contribution in [0.5, 0.6) is 0 Å². The van der Waals surface area contributed by atoms with Crippen molar-refractivity contribution >= 4 is 39.5 Å². The fraction of sp³-hybridized carbons (Fsp3) is 0.370. The number of amides is 2. The minimum atomic E-state index is -0.612. The van der Waals surface area contributed by atoms with Gasteiger partial charge in [-0.2, -0.15) is 0 Å². The predicted octanol–water partition coefficient (Wildman–Crippen LogP) is 6.15. The Morgan fingerprint density at radius 3 is 2.51 bits per heavy atom. The summed E-state index contributed by atoms with van der Waals surface area (Å²) in [5, 5.41) is 2.76. The van der Waals surface area contributed by atoms with Gasteiger partial charge in [-0.1, -0.05) is 28.1 Å². The molecule has 37 heavy (non-hydrogen) atoms. The average Bonchev–Trinajstić information content (AvgIpc) is 3.29. The van der Waals surface area contributed by atoms with Crippen LogP contribution in [0.1, 0.15) is 79.7 Å². The molecule has 1 aliphatic rings. The zero-order valence-electron chi connectivity index (χ0n) is 21.3. The molecule has 0 saturated carbocycles. The summed E-state index contributed by atoms with van der Waals surface area (Å²) in [5.41, 5.74) is 1.36. The number of benzene rings is 1. The van der Waals surface area contributed by atoms with Crippen LogP contribution in [0.2, 0.25) is 0 Å². The molecule has 1 fully saturated rings. The minimum Gasteiger partial charge on any atom is -0.444 e. The van der Waals surface area contributed by atoms with Gasteiger partial charge in [-0.05, 0) is 64.3 Å². The van der Waals surface area contributed by atoms with Crippen molar-refractivity contribution in [2.24, 2.45) is 0 Å². The molecule has 0 unspecified atom stereocenters. The van der Waals surface area contributed by atoms with E-state index in [0.29, 0.717) is 47.1 Å². The summed E-state index contributed by atoms with van der Waals surface area (Å²) in [6, 6.07) is 10.0. The van der Waals surface area contributed by atoms with Gasteiger partial charge in [0.25, 0.3) is 5.91 Å². The number of imidazole rings is 1. The van der Waals surface area contributed by atoms with Crippen molar-refractivity contribution in [3.05, 3.63) is 64.1 Å². The van der Waals surface area contributed by atoms with Crippen LogP contribution in [0, 0.1) is 0 Å². The maximum Gasteiger partial charge on any atom is 0.410 e. The maximum absolute atomic E-state index is 12.9. The number of carbonyl (C=O) groups excluding carboxylic acids is 3. The lowest BCUT2D eigenvalue weighted by atomic mass is 10.0. The van der Waals surface area contributed by atoms with E-state index in [1.165, 1.54) is 6.92 Å². The molecule has 0 bridgehead atoms. The van der Waals surface area contributed by atoms with Gasteiger partial charge in [0, 0.05) is 35.3 Å². The highest BCUT2D eigenvalue weighted by molar-refractivity contribution is 9.10. The number of halogens is 1. The summed E-state index contributed by atoms with van der Waals surface area (Å²) < 4.78 is 6.42. The summed E-state index contributed by atoms with van der Waals surface area (Å²) >= 11 is 3.36. The van der Waals surface area contributed by atoms with E-state index in [0.717, 1.165) is 17.3 Å². The summed E-state index contributed by atoms with van der Waals surface area (Å²) in [4.78, 5) is 51.8. The number of ether oxygens (including phenoxy) is 1. The first kappa shape index (κ1) is 26.5. The Bertz CT molecular complexity index is 1310. The molecule has 0 spiro atoms. The minimum absolute atomic E-state index is 0.170. The van der Waals surface area contributed by atoms with Crippen molar-refractivity contribution in [2.75, 3.05) is 11.9 Å². The Balaban J connectivity index is 1.59. The molecule has 3 aromatic rings. The first-order valence-electron chi connectivity index (χ1n) is 12.2. The van der Waals surface area contributed by atoms with E-state index in [2.05, 4.69) is 31.2 Å². The Labute approximate surface area is 224 Å². The molecule has 2 aromatic heterocycles. The largest absolute Gasteiger partial charge is 0.444 e. The average molecular weight is 568 g/mol. The van der Waals surface area contributed by atoms with Gasteiger partial charge < -0.3 is 15.0 Å². The second-order valence-corrected chi connectivity index (χ2v) is 10.9. The summed E-state index contributed by atoms with van der Waals surface area (Å²) in [5.74, 6) is 0.507. The molecule has 1 atom stereocenters. The van der Waals surface area contributed by atoms with Crippen LogP contribution in [0.3, 0.4) is 0 Å². The Hall–Kier alpha value is -3.53.